The number of ether oxygens (including phenoxy) is 1. The average molecular weight is 495 g/mol. The van der Waals surface area contributed by atoms with Crippen LogP contribution in [0.4, 0.5) is 10.5 Å². The number of hydrogen-bond donors (Lipinski definition) is 2. The predicted octanol–water partition coefficient (Wildman–Crippen LogP) is 2.89. The van der Waals surface area contributed by atoms with Gasteiger partial charge in [-0.25, -0.2) is 4.79 Å². The molecule has 1 atom stereocenters. The molecule has 0 bridgehead atoms. The van der Waals surface area contributed by atoms with Gasteiger partial charge in [0.05, 0.1) is 6.10 Å². The Morgan fingerprint density at radius 2 is 1.72 bits per heavy atom. The second kappa shape index (κ2) is 11.3. The number of fused-ring (bicyclic) bond motifs is 1. The zero-order valence-electron chi connectivity index (χ0n) is 21.6. The second-order valence-electron chi connectivity index (χ2n) is 10.6. The van der Waals surface area contributed by atoms with Crippen molar-refractivity contribution < 1.29 is 19.4 Å². The number of nitrogens with zero attached hydrogens (tertiary/aromatic N) is 3. The summed E-state index contributed by atoms with van der Waals surface area (Å²) < 4.78 is 5.47. The molecule has 4 rings (SSSR count). The quantitative estimate of drug-likeness (QED) is 0.643. The van der Waals surface area contributed by atoms with Crippen molar-refractivity contribution in [2.24, 2.45) is 0 Å². The second-order valence-corrected chi connectivity index (χ2v) is 10.6. The third-order valence-electron chi connectivity index (χ3n) is 6.58. The summed E-state index contributed by atoms with van der Waals surface area (Å²) in [5.74, 6) is -0.202. The third-order valence-corrected chi connectivity index (χ3v) is 6.58. The number of anilines is 1. The van der Waals surface area contributed by atoms with Gasteiger partial charge in [0.2, 0.25) is 0 Å². The molecule has 0 aromatic heterocycles. The van der Waals surface area contributed by atoms with Crippen LogP contribution in [0.25, 0.3) is 0 Å². The van der Waals surface area contributed by atoms with Gasteiger partial charge in [0, 0.05) is 63.6 Å². The highest BCUT2D eigenvalue weighted by molar-refractivity contribution is 5.95. The van der Waals surface area contributed by atoms with E-state index in [0.29, 0.717) is 38.3 Å². The highest BCUT2D eigenvalue weighted by Crippen LogP contribution is 2.20. The standard InChI is InChI=1S/C28H38N4O4/c1-28(2,3)36-27(35)32-15-13-31(14-16-32)24-10-6-9-22(17-24)26(34)29-18-25(33)20-30-12-11-21-7-4-5-8-23(21)19-30/h4-10,17,25,33H,11-16,18-20H2,1-3H3,(H,29,34). The first-order valence-corrected chi connectivity index (χ1v) is 12.8. The van der Waals surface area contributed by atoms with Crippen LogP contribution in [0.5, 0.6) is 0 Å². The van der Waals surface area contributed by atoms with E-state index in [-0.39, 0.29) is 18.5 Å². The highest BCUT2D eigenvalue weighted by Gasteiger charge is 2.26. The Hall–Kier alpha value is -3.10. The Morgan fingerprint density at radius 3 is 2.44 bits per heavy atom. The van der Waals surface area contributed by atoms with Crippen molar-refractivity contribution in [3.63, 3.8) is 0 Å². The first kappa shape index (κ1) is 26.0. The molecule has 2 aliphatic heterocycles. The topological polar surface area (TPSA) is 85.3 Å². The lowest BCUT2D eigenvalue weighted by Crippen LogP contribution is -2.50. The summed E-state index contributed by atoms with van der Waals surface area (Å²) in [5.41, 5.74) is 3.68. The fourth-order valence-corrected chi connectivity index (χ4v) is 4.70. The number of benzene rings is 2. The van der Waals surface area contributed by atoms with Crippen LogP contribution in [0.15, 0.2) is 48.5 Å². The van der Waals surface area contributed by atoms with Crippen LogP contribution in [0.3, 0.4) is 0 Å². The first-order chi connectivity index (χ1) is 17.2. The number of carbonyl (C=O) groups excluding carboxylic acids is 2. The summed E-state index contributed by atoms with van der Waals surface area (Å²) in [6.07, 6.45) is 0.0552. The molecule has 2 aromatic rings. The van der Waals surface area contributed by atoms with Gasteiger partial charge in [-0.2, -0.15) is 0 Å². The van der Waals surface area contributed by atoms with Crippen LogP contribution in [0.2, 0.25) is 0 Å². The maximum Gasteiger partial charge on any atom is 0.410 e. The van der Waals surface area contributed by atoms with Crippen molar-refractivity contribution in [2.75, 3.05) is 50.7 Å². The van der Waals surface area contributed by atoms with Gasteiger partial charge in [0.15, 0.2) is 0 Å². The maximum absolute atomic E-state index is 12.8. The van der Waals surface area contributed by atoms with Gasteiger partial charge in [0.1, 0.15) is 5.60 Å². The fourth-order valence-electron chi connectivity index (χ4n) is 4.70. The van der Waals surface area contributed by atoms with Gasteiger partial charge in [-0.15, -0.1) is 0 Å². The largest absolute Gasteiger partial charge is 0.444 e. The zero-order valence-corrected chi connectivity index (χ0v) is 21.6. The average Bonchev–Trinajstić information content (AvgIpc) is 2.86. The number of aliphatic hydroxyl groups is 1. The number of piperazine rings is 1. The van der Waals surface area contributed by atoms with Gasteiger partial charge in [-0.1, -0.05) is 30.3 Å². The van der Waals surface area contributed by atoms with E-state index in [4.69, 9.17) is 4.74 Å². The Morgan fingerprint density at radius 1 is 1.00 bits per heavy atom. The third kappa shape index (κ3) is 6.98. The molecule has 36 heavy (non-hydrogen) atoms. The number of β-amino-alcohol motifs (C(OH)–C–C–N with tert-alkyl or cyclic N) is 1. The monoisotopic (exact) mass is 494 g/mol. The lowest BCUT2D eigenvalue weighted by molar-refractivity contribution is 0.0240. The predicted molar refractivity (Wildman–Crippen MR) is 140 cm³/mol. The number of hydrogen-bond acceptors (Lipinski definition) is 6. The molecular weight excluding hydrogens is 456 g/mol. The summed E-state index contributed by atoms with van der Waals surface area (Å²) in [7, 11) is 0. The van der Waals surface area contributed by atoms with Crippen LogP contribution in [0.1, 0.15) is 42.3 Å². The van der Waals surface area contributed by atoms with Gasteiger partial charge in [-0.05, 0) is 56.5 Å². The Balaban J connectivity index is 1.24. The number of aliphatic hydroxyl groups excluding tert-OH is 1. The van der Waals surface area contributed by atoms with E-state index in [1.807, 2.05) is 45.0 Å². The summed E-state index contributed by atoms with van der Waals surface area (Å²) >= 11 is 0. The molecule has 0 aliphatic carbocycles. The molecule has 194 valence electrons. The zero-order chi connectivity index (χ0) is 25.7. The van der Waals surface area contributed by atoms with Crippen molar-refractivity contribution in [3.05, 3.63) is 65.2 Å². The highest BCUT2D eigenvalue weighted by atomic mass is 16.6. The SMILES string of the molecule is CC(C)(C)OC(=O)N1CCN(c2cccc(C(=O)NCC(O)CN3CCc4ccccc4C3)c2)CC1. The van der Waals surface area contributed by atoms with Crippen molar-refractivity contribution in [1.29, 1.82) is 0 Å². The van der Waals surface area contributed by atoms with E-state index in [9.17, 15) is 14.7 Å². The van der Waals surface area contributed by atoms with E-state index in [2.05, 4.69) is 33.3 Å². The Kier molecular flexibility index (Phi) is 8.16. The molecule has 0 spiro atoms. The van der Waals surface area contributed by atoms with Gasteiger partial charge in [-0.3, -0.25) is 9.69 Å². The van der Waals surface area contributed by atoms with Crippen molar-refractivity contribution in [2.45, 2.75) is 45.4 Å². The minimum absolute atomic E-state index is 0.202. The van der Waals surface area contributed by atoms with Crippen LogP contribution in [-0.4, -0.2) is 84.4 Å². The minimum Gasteiger partial charge on any atom is -0.444 e. The molecule has 1 unspecified atom stereocenters. The summed E-state index contributed by atoms with van der Waals surface area (Å²) in [5, 5.41) is 13.4. The summed E-state index contributed by atoms with van der Waals surface area (Å²) in [4.78, 5) is 31.2. The molecule has 0 radical (unpaired) electrons. The van der Waals surface area contributed by atoms with Gasteiger partial charge >= 0.3 is 6.09 Å². The van der Waals surface area contributed by atoms with Crippen molar-refractivity contribution in [1.82, 2.24) is 15.1 Å². The van der Waals surface area contributed by atoms with Gasteiger partial charge in [0.25, 0.3) is 5.91 Å². The van der Waals surface area contributed by atoms with Crippen LogP contribution < -0.4 is 10.2 Å². The smallest absolute Gasteiger partial charge is 0.410 e. The molecule has 2 heterocycles. The molecule has 1 fully saturated rings. The number of carbonyl (C=O) groups is 2. The molecular formula is C28H38N4O4. The molecule has 8 nitrogen and oxygen atoms in total. The maximum atomic E-state index is 12.8. The minimum atomic E-state index is -0.636. The van der Waals surface area contributed by atoms with E-state index in [1.54, 1.807) is 11.0 Å². The molecule has 2 N–H and O–H groups in total. The lowest BCUT2D eigenvalue weighted by atomic mass is 10.00. The van der Waals surface area contributed by atoms with Crippen LogP contribution in [0, 0.1) is 0 Å². The first-order valence-electron chi connectivity index (χ1n) is 12.8. The van der Waals surface area contributed by atoms with E-state index in [1.165, 1.54) is 11.1 Å². The molecule has 0 saturated carbocycles. The normalized spacial score (nSPS) is 17.3. The number of nitrogens with one attached hydrogen (secondary N) is 1. The number of amides is 2. The molecule has 8 heteroatoms. The molecule has 2 aromatic carbocycles. The lowest BCUT2D eigenvalue weighted by Gasteiger charge is -2.36. The van der Waals surface area contributed by atoms with Gasteiger partial charge < -0.3 is 25.0 Å². The fraction of sp³-hybridized carbons (Fsp3) is 0.500. The van der Waals surface area contributed by atoms with Crippen LogP contribution in [-0.2, 0) is 17.7 Å². The summed E-state index contributed by atoms with van der Waals surface area (Å²) in [6.45, 7) is 10.5. The molecule has 1 saturated heterocycles. The van der Waals surface area contributed by atoms with Crippen molar-refractivity contribution >= 4 is 17.7 Å². The van der Waals surface area contributed by atoms with E-state index < -0.39 is 11.7 Å². The molecule has 2 amide bonds. The number of rotatable bonds is 6. The molecule has 2 aliphatic rings. The Bertz CT molecular complexity index is 1060. The van der Waals surface area contributed by atoms with Crippen LogP contribution >= 0.6 is 0 Å². The Labute approximate surface area is 213 Å². The summed E-state index contributed by atoms with van der Waals surface area (Å²) in [6, 6.07) is 15.9. The van der Waals surface area contributed by atoms with Crippen molar-refractivity contribution in [3.8, 4) is 0 Å². The van der Waals surface area contributed by atoms with E-state index in [0.717, 1.165) is 25.2 Å². The van der Waals surface area contributed by atoms with E-state index >= 15 is 0 Å².